The molecule has 0 saturated carbocycles. The van der Waals surface area contributed by atoms with Gasteiger partial charge in [-0.1, -0.05) is 0 Å². The summed E-state index contributed by atoms with van der Waals surface area (Å²) < 4.78 is 28.7. The SMILES string of the molecule is COc1cc(C(=O)O)ccc1S(=O)(=O)NN(C)C. The van der Waals surface area contributed by atoms with E-state index in [1.165, 1.54) is 38.3 Å². The molecule has 0 fully saturated rings. The first-order valence-electron chi connectivity index (χ1n) is 4.89. The number of benzene rings is 1. The minimum Gasteiger partial charge on any atom is -0.495 e. The second-order valence-electron chi connectivity index (χ2n) is 3.66. The van der Waals surface area contributed by atoms with Crippen molar-refractivity contribution in [1.29, 1.82) is 0 Å². The van der Waals surface area contributed by atoms with Crippen LogP contribution in [-0.2, 0) is 10.0 Å². The lowest BCUT2D eigenvalue weighted by atomic mass is 10.2. The predicted octanol–water partition coefficient (Wildman–Crippen LogP) is 0.148. The van der Waals surface area contributed by atoms with Crippen molar-refractivity contribution in [3.63, 3.8) is 0 Å². The second-order valence-corrected chi connectivity index (χ2v) is 5.29. The van der Waals surface area contributed by atoms with Gasteiger partial charge in [-0.15, -0.1) is 4.83 Å². The Hall–Kier alpha value is -1.64. The average Bonchev–Trinajstić information content (AvgIpc) is 2.26. The first-order chi connectivity index (χ1) is 8.27. The number of methoxy groups -OCH3 is 1. The highest BCUT2D eigenvalue weighted by Crippen LogP contribution is 2.24. The van der Waals surface area contributed by atoms with Gasteiger partial charge in [-0.25, -0.2) is 18.2 Å². The van der Waals surface area contributed by atoms with Gasteiger partial charge in [0.2, 0.25) is 0 Å². The van der Waals surface area contributed by atoms with Crippen LogP contribution in [0.1, 0.15) is 10.4 Å². The zero-order chi connectivity index (χ0) is 13.9. The molecule has 1 aromatic rings. The summed E-state index contributed by atoms with van der Waals surface area (Å²) in [6, 6.07) is 3.55. The van der Waals surface area contributed by atoms with E-state index < -0.39 is 16.0 Å². The molecule has 0 spiro atoms. The van der Waals surface area contributed by atoms with Crippen molar-refractivity contribution in [3.05, 3.63) is 23.8 Å². The van der Waals surface area contributed by atoms with Gasteiger partial charge in [0, 0.05) is 14.1 Å². The Balaban J connectivity index is 3.29. The van der Waals surface area contributed by atoms with Crippen molar-refractivity contribution < 1.29 is 23.1 Å². The van der Waals surface area contributed by atoms with Crippen LogP contribution in [0.2, 0.25) is 0 Å². The van der Waals surface area contributed by atoms with Crippen molar-refractivity contribution in [1.82, 2.24) is 9.84 Å². The van der Waals surface area contributed by atoms with Crippen LogP contribution >= 0.6 is 0 Å². The van der Waals surface area contributed by atoms with Crippen molar-refractivity contribution in [2.24, 2.45) is 0 Å². The van der Waals surface area contributed by atoms with E-state index in [-0.39, 0.29) is 16.2 Å². The van der Waals surface area contributed by atoms with E-state index in [4.69, 9.17) is 9.84 Å². The molecule has 0 saturated heterocycles. The summed E-state index contributed by atoms with van der Waals surface area (Å²) in [5.41, 5.74) is -0.0457. The Bertz CT molecular complexity index is 553. The standard InChI is InChI=1S/C10H14N2O5S/c1-12(2)11-18(15,16)9-5-4-7(10(13)14)6-8(9)17-3/h4-6,11H,1-3H3,(H,13,14). The molecule has 0 amide bonds. The summed E-state index contributed by atoms with van der Waals surface area (Å²) in [7, 11) is 0.534. The van der Waals surface area contributed by atoms with Crippen molar-refractivity contribution in [3.8, 4) is 5.75 Å². The van der Waals surface area contributed by atoms with Crippen LogP contribution in [0.15, 0.2) is 23.1 Å². The molecule has 1 aromatic carbocycles. The van der Waals surface area contributed by atoms with Gasteiger partial charge in [0.25, 0.3) is 10.0 Å². The van der Waals surface area contributed by atoms with Crippen molar-refractivity contribution in [2.75, 3.05) is 21.2 Å². The first-order valence-corrected chi connectivity index (χ1v) is 6.37. The van der Waals surface area contributed by atoms with Gasteiger partial charge < -0.3 is 9.84 Å². The molecular weight excluding hydrogens is 260 g/mol. The highest BCUT2D eigenvalue weighted by atomic mass is 32.2. The monoisotopic (exact) mass is 274 g/mol. The lowest BCUT2D eigenvalue weighted by Gasteiger charge is -2.15. The maximum atomic E-state index is 11.9. The molecule has 8 heteroatoms. The Morgan fingerprint density at radius 2 is 2.00 bits per heavy atom. The van der Waals surface area contributed by atoms with Gasteiger partial charge >= 0.3 is 5.97 Å². The molecule has 0 unspecified atom stereocenters. The van der Waals surface area contributed by atoms with Crippen LogP contribution in [0.25, 0.3) is 0 Å². The lowest BCUT2D eigenvalue weighted by molar-refractivity contribution is 0.0696. The first kappa shape index (κ1) is 14.4. The fraction of sp³-hybridized carbons (Fsp3) is 0.300. The molecule has 0 aromatic heterocycles. The smallest absolute Gasteiger partial charge is 0.335 e. The molecule has 0 radical (unpaired) electrons. The molecule has 0 heterocycles. The summed E-state index contributed by atoms with van der Waals surface area (Å²) in [5.74, 6) is -1.18. The molecule has 2 N–H and O–H groups in total. The number of hydrazine groups is 1. The quantitative estimate of drug-likeness (QED) is 0.742. The molecule has 18 heavy (non-hydrogen) atoms. The van der Waals surface area contributed by atoms with Gasteiger partial charge in [0.1, 0.15) is 10.6 Å². The number of nitrogens with zero attached hydrogens (tertiary/aromatic N) is 1. The van der Waals surface area contributed by atoms with Gasteiger partial charge in [-0.05, 0) is 18.2 Å². The Morgan fingerprint density at radius 1 is 1.39 bits per heavy atom. The normalized spacial score (nSPS) is 11.6. The highest BCUT2D eigenvalue weighted by molar-refractivity contribution is 7.89. The van der Waals surface area contributed by atoms with E-state index >= 15 is 0 Å². The number of carboxylic acid groups (broad SMARTS) is 1. The third-order valence-electron chi connectivity index (χ3n) is 2.00. The molecule has 0 aliphatic carbocycles. The molecule has 7 nitrogen and oxygen atoms in total. The number of hydrogen-bond donors (Lipinski definition) is 2. The van der Waals surface area contributed by atoms with E-state index in [1.807, 2.05) is 0 Å². The molecular formula is C10H14N2O5S. The molecule has 0 aliphatic heterocycles. The van der Waals surface area contributed by atoms with Crippen molar-refractivity contribution in [2.45, 2.75) is 4.90 Å². The van der Waals surface area contributed by atoms with E-state index in [0.29, 0.717) is 0 Å². The third-order valence-corrected chi connectivity index (χ3v) is 3.52. The minimum absolute atomic E-state index is 0.0238. The Kier molecular flexibility index (Phi) is 4.28. The van der Waals surface area contributed by atoms with E-state index in [0.717, 1.165) is 6.07 Å². The lowest BCUT2D eigenvalue weighted by Crippen LogP contribution is -2.36. The topological polar surface area (TPSA) is 95.9 Å². The minimum atomic E-state index is -3.79. The highest BCUT2D eigenvalue weighted by Gasteiger charge is 2.21. The molecule has 0 aliphatic rings. The number of carboxylic acids is 1. The van der Waals surface area contributed by atoms with Crippen LogP contribution < -0.4 is 9.57 Å². The third kappa shape index (κ3) is 3.19. The fourth-order valence-corrected chi connectivity index (χ4v) is 2.55. The van der Waals surface area contributed by atoms with Crippen LogP contribution in [0.5, 0.6) is 5.75 Å². The predicted molar refractivity (Wildman–Crippen MR) is 64.0 cm³/mol. The van der Waals surface area contributed by atoms with E-state index in [1.54, 1.807) is 0 Å². The maximum Gasteiger partial charge on any atom is 0.335 e. The largest absolute Gasteiger partial charge is 0.495 e. The van der Waals surface area contributed by atoms with Crippen LogP contribution in [0.4, 0.5) is 0 Å². The van der Waals surface area contributed by atoms with Gasteiger partial charge in [0.05, 0.1) is 12.7 Å². The number of aromatic carboxylic acids is 1. The number of rotatable bonds is 5. The summed E-state index contributed by atoms with van der Waals surface area (Å²) in [6.45, 7) is 0. The van der Waals surface area contributed by atoms with Gasteiger partial charge in [-0.3, -0.25) is 0 Å². The van der Waals surface area contributed by atoms with E-state index in [9.17, 15) is 13.2 Å². The summed E-state index contributed by atoms with van der Waals surface area (Å²) in [6.07, 6.45) is 0. The van der Waals surface area contributed by atoms with Crippen LogP contribution in [0, 0.1) is 0 Å². The van der Waals surface area contributed by atoms with Crippen LogP contribution in [-0.4, -0.2) is 45.7 Å². The molecule has 1 rings (SSSR count). The summed E-state index contributed by atoms with van der Waals surface area (Å²) >= 11 is 0. The number of hydrogen-bond acceptors (Lipinski definition) is 5. The number of sulfonamides is 1. The number of nitrogens with one attached hydrogen (secondary N) is 1. The van der Waals surface area contributed by atoms with E-state index in [2.05, 4.69) is 4.83 Å². The molecule has 0 bridgehead atoms. The Labute approximate surface area is 105 Å². The zero-order valence-corrected chi connectivity index (χ0v) is 11.0. The summed E-state index contributed by atoms with van der Waals surface area (Å²) in [4.78, 5) is 12.9. The van der Waals surface area contributed by atoms with Crippen molar-refractivity contribution >= 4 is 16.0 Å². The number of carbonyl (C=O) groups is 1. The van der Waals surface area contributed by atoms with Crippen LogP contribution in [0.3, 0.4) is 0 Å². The number of ether oxygens (including phenoxy) is 1. The maximum absolute atomic E-state index is 11.9. The zero-order valence-electron chi connectivity index (χ0n) is 10.2. The second kappa shape index (κ2) is 5.34. The Morgan fingerprint density at radius 3 is 2.44 bits per heavy atom. The van der Waals surface area contributed by atoms with Gasteiger partial charge in [0.15, 0.2) is 0 Å². The molecule has 0 atom stereocenters. The summed E-state index contributed by atoms with van der Waals surface area (Å²) in [5, 5.41) is 10.1. The van der Waals surface area contributed by atoms with Gasteiger partial charge in [-0.2, -0.15) is 0 Å². The average molecular weight is 274 g/mol. The fourth-order valence-electron chi connectivity index (χ4n) is 1.31. The molecule has 100 valence electrons.